The van der Waals surface area contributed by atoms with Crippen LogP contribution in [-0.2, 0) is 25.6 Å². The number of alkyl halides is 3. The number of H-pyrrole nitrogens is 1. The molecule has 1 saturated heterocycles. The fourth-order valence-electron chi connectivity index (χ4n) is 5.80. The zero-order valence-corrected chi connectivity index (χ0v) is 23.4. The molecule has 0 spiro atoms. The maximum atomic E-state index is 15.7. The number of aromatic amines is 1. The second-order valence-corrected chi connectivity index (χ2v) is 10.4. The number of pyridine rings is 1. The molecule has 1 aliphatic heterocycles. The molecule has 4 nitrogen and oxygen atoms in total. The number of rotatable bonds is 6. The number of halogens is 4. The van der Waals surface area contributed by atoms with Gasteiger partial charge in [-0.3, -0.25) is 0 Å². The zero-order valence-electron chi connectivity index (χ0n) is 23.4. The van der Waals surface area contributed by atoms with Crippen molar-refractivity contribution in [2.45, 2.75) is 52.8 Å². The van der Waals surface area contributed by atoms with Crippen LogP contribution in [0.3, 0.4) is 0 Å². The van der Waals surface area contributed by atoms with Crippen molar-refractivity contribution in [1.29, 1.82) is 0 Å². The molecule has 0 aliphatic carbocycles. The number of anilines is 1. The van der Waals surface area contributed by atoms with Gasteiger partial charge in [-0.15, -0.1) is 0 Å². The fourth-order valence-corrected chi connectivity index (χ4v) is 5.80. The van der Waals surface area contributed by atoms with Gasteiger partial charge < -0.3 is 15.0 Å². The maximum Gasteiger partial charge on any atom is 0.417 e. The van der Waals surface area contributed by atoms with E-state index in [0.717, 1.165) is 41.8 Å². The number of hydrogen-bond donors (Lipinski definition) is 2. The molecular formula is C33H33F4N3O. The predicted octanol–water partition coefficient (Wildman–Crippen LogP) is 8.11. The Morgan fingerprint density at radius 3 is 2.41 bits per heavy atom. The Bertz CT molecular complexity index is 1610. The molecule has 0 bridgehead atoms. The molecule has 1 aliphatic rings. The first-order valence-corrected chi connectivity index (χ1v) is 13.9. The van der Waals surface area contributed by atoms with Crippen molar-refractivity contribution >= 4 is 28.4 Å². The molecule has 0 atom stereocenters. The van der Waals surface area contributed by atoms with E-state index in [1.54, 1.807) is 12.3 Å². The highest BCUT2D eigenvalue weighted by molar-refractivity contribution is 5.96. The van der Waals surface area contributed by atoms with Gasteiger partial charge in [-0.1, -0.05) is 38.1 Å². The summed E-state index contributed by atoms with van der Waals surface area (Å²) >= 11 is 0. The summed E-state index contributed by atoms with van der Waals surface area (Å²) in [4.78, 5) is 9.20. The summed E-state index contributed by atoms with van der Waals surface area (Å²) in [7, 11) is 0. The lowest BCUT2D eigenvalue weighted by Gasteiger charge is -2.33. The minimum Gasteiger partial charge on any atom is -0.392 e. The Morgan fingerprint density at radius 1 is 1.07 bits per heavy atom. The summed E-state index contributed by atoms with van der Waals surface area (Å²) in [6, 6.07) is 11.9. The Kier molecular flexibility index (Phi) is 8.04. The topological polar surface area (TPSA) is 52.1 Å². The summed E-state index contributed by atoms with van der Waals surface area (Å²) in [5.41, 5.74) is 7.14. The summed E-state index contributed by atoms with van der Waals surface area (Å²) in [6.07, 6.45) is 2.69. The first kappa shape index (κ1) is 28.6. The van der Waals surface area contributed by atoms with Crippen LogP contribution < -0.4 is 4.90 Å². The maximum absolute atomic E-state index is 15.7. The first-order valence-electron chi connectivity index (χ1n) is 13.9. The molecule has 4 aromatic rings. The average molecular weight is 564 g/mol. The van der Waals surface area contributed by atoms with E-state index in [0.29, 0.717) is 47.4 Å². The molecule has 8 heteroatoms. The standard InChI is InChI=1S/C33H33F4N3O/c1-4-21-7-6-8-22(5-2)27(21)15-23-12-14-40(30-10-9-25(17-39-30)33(35,36)37)18-28(23)20(3)31-26-11-13-38-32(26)24(19-41)16-29(31)34/h6-11,13,15-17,38,41H,4-5,12,14,18-19H2,1-3H3/b23-15-,28-20+. The third-order valence-electron chi connectivity index (χ3n) is 8.03. The summed E-state index contributed by atoms with van der Waals surface area (Å²) in [5, 5.41) is 10.5. The van der Waals surface area contributed by atoms with Crippen LogP contribution in [0, 0.1) is 5.82 Å². The highest BCUT2D eigenvalue weighted by atomic mass is 19.4. The van der Waals surface area contributed by atoms with Gasteiger partial charge >= 0.3 is 6.18 Å². The van der Waals surface area contributed by atoms with Crippen molar-refractivity contribution in [2.24, 2.45) is 0 Å². The van der Waals surface area contributed by atoms with Crippen LogP contribution in [0.2, 0.25) is 0 Å². The number of nitrogens with one attached hydrogen (secondary N) is 1. The second-order valence-electron chi connectivity index (χ2n) is 10.4. The number of aliphatic hydroxyl groups is 1. The van der Waals surface area contributed by atoms with Crippen LogP contribution in [0.25, 0.3) is 22.6 Å². The van der Waals surface area contributed by atoms with Crippen molar-refractivity contribution in [3.63, 3.8) is 0 Å². The molecule has 41 heavy (non-hydrogen) atoms. The number of piperidine rings is 1. The van der Waals surface area contributed by atoms with Gasteiger partial charge in [0.15, 0.2) is 0 Å². The lowest BCUT2D eigenvalue weighted by Crippen LogP contribution is -2.33. The van der Waals surface area contributed by atoms with E-state index in [1.165, 1.54) is 28.8 Å². The SMILES string of the molecule is CCc1cccc(CC)c1/C=C1/CCN(c2ccc(C(F)(F)F)cn2)C/C1=C(/C)c1c(F)cc(CO)c2[nH]ccc12. The Labute approximate surface area is 237 Å². The number of nitrogens with zero attached hydrogens (tertiary/aromatic N) is 2. The largest absolute Gasteiger partial charge is 0.417 e. The van der Waals surface area contributed by atoms with Gasteiger partial charge in [-0.05, 0) is 83.9 Å². The Hall–Kier alpha value is -3.91. The Morgan fingerprint density at radius 2 is 1.80 bits per heavy atom. The van der Waals surface area contributed by atoms with Gasteiger partial charge in [0.2, 0.25) is 0 Å². The van der Waals surface area contributed by atoms with Crippen LogP contribution in [0.1, 0.15) is 60.6 Å². The number of aryl methyl sites for hydroxylation is 2. The zero-order chi connectivity index (χ0) is 29.3. The lowest BCUT2D eigenvalue weighted by atomic mass is 9.86. The second kappa shape index (κ2) is 11.5. The molecular weight excluding hydrogens is 530 g/mol. The Balaban J connectivity index is 1.67. The highest BCUT2D eigenvalue weighted by Crippen LogP contribution is 2.38. The van der Waals surface area contributed by atoms with E-state index < -0.39 is 17.6 Å². The van der Waals surface area contributed by atoms with E-state index in [-0.39, 0.29) is 6.61 Å². The van der Waals surface area contributed by atoms with E-state index >= 15 is 4.39 Å². The van der Waals surface area contributed by atoms with E-state index in [1.807, 2.05) is 11.8 Å². The van der Waals surface area contributed by atoms with Crippen LogP contribution in [-0.4, -0.2) is 28.2 Å². The van der Waals surface area contributed by atoms with Gasteiger partial charge in [0.05, 0.1) is 17.7 Å². The number of aromatic nitrogens is 2. The van der Waals surface area contributed by atoms with Crippen molar-refractivity contribution in [2.75, 3.05) is 18.0 Å². The normalized spacial score (nSPS) is 16.6. The van der Waals surface area contributed by atoms with Crippen molar-refractivity contribution < 1.29 is 22.7 Å². The smallest absolute Gasteiger partial charge is 0.392 e. The molecule has 5 rings (SSSR count). The summed E-state index contributed by atoms with van der Waals surface area (Å²) < 4.78 is 55.2. The molecule has 2 aromatic carbocycles. The molecule has 0 amide bonds. The fraction of sp³-hybridized carbons (Fsp3) is 0.303. The van der Waals surface area contributed by atoms with Gasteiger partial charge in [-0.2, -0.15) is 13.2 Å². The summed E-state index contributed by atoms with van der Waals surface area (Å²) in [6.45, 7) is 6.76. The number of fused-ring (bicyclic) bond motifs is 1. The molecule has 2 N–H and O–H groups in total. The van der Waals surface area contributed by atoms with Crippen LogP contribution in [0.15, 0.2) is 66.0 Å². The number of benzene rings is 2. The van der Waals surface area contributed by atoms with Gasteiger partial charge in [0.25, 0.3) is 0 Å². The van der Waals surface area contributed by atoms with Crippen molar-refractivity contribution in [1.82, 2.24) is 9.97 Å². The molecule has 0 unspecified atom stereocenters. The monoisotopic (exact) mass is 563 g/mol. The first-order chi connectivity index (χ1) is 19.7. The quantitative estimate of drug-likeness (QED) is 0.233. The number of hydrogen-bond acceptors (Lipinski definition) is 3. The van der Waals surface area contributed by atoms with Crippen LogP contribution >= 0.6 is 0 Å². The summed E-state index contributed by atoms with van der Waals surface area (Å²) in [5.74, 6) is 0.00642. The van der Waals surface area contributed by atoms with Crippen molar-refractivity contribution in [3.05, 3.63) is 105 Å². The lowest BCUT2D eigenvalue weighted by molar-refractivity contribution is -0.137. The third kappa shape index (κ3) is 5.53. The third-order valence-corrected chi connectivity index (χ3v) is 8.03. The van der Waals surface area contributed by atoms with Gasteiger partial charge in [-0.25, -0.2) is 9.37 Å². The van der Waals surface area contributed by atoms with E-state index in [2.05, 4.69) is 48.1 Å². The molecule has 0 radical (unpaired) electrons. The van der Waals surface area contributed by atoms with E-state index in [9.17, 15) is 18.3 Å². The van der Waals surface area contributed by atoms with E-state index in [4.69, 9.17) is 0 Å². The van der Waals surface area contributed by atoms with Crippen LogP contribution in [0.4, 0.5) is 23.4 Å². The predicted molar refractivity (Wildman–Crippen MR) is 156 cm³/mol. The molecule has 3 heterocycles. The highest BCUT2D eigenvalue weighted by Gasteiger charge is 2.31. The van der Waals surface area contributed by atoms with Gasteiger partial charge in [0.1, 0.15) is 11.6 Å². The molecule has 0 saturated carbocycles. The minimum atomic E-state index is -4.46. The number of allylic oxidation sites excluding steroid dienone is 1. The number of aliphatic hydroxyl groups excluding tert-OH is 1. The minimum absolute atomic E-state index is 0.296. The molecule has 2 aromatic heterocycles. The van der Waals surface area contributed by atoms with Gasteiger partial charge in [0, 0.05) is 42.0 Å². The molecule has 214 valence electrons. The van der Waals surface area contributed by atoms with Crippen LogP contribution in [0.5, 0.6) is 0 Å². The average Bonchev–Trinajstić information content (AvgIpc) is 3.46. The molecule has 1 fully saturated rings. The van der Waals surface area contributed by atoms with Crippen molar-refractivity contribution in [3.8, 4) is 0 Å².